The normalized spacial score (nSPS) is 11.4. The first-order valence-electron chi connectivity index (χ1n) is 9.71. The van der Waals surface area contributed by atoms with Crippen LogP contribution < -0.4 is 19.9 Å². The molecule has 3 N–H and O–H groups in total. The summed E-state index contributed by atoms with van der Waals surface area (Å²) in [6.07, 6.45) is 1.40. The van der Waals surface area contributed by atoms with Gasteiger partial charge in [-0.05, 0) is 42.0 Å². The Labute approximate surface area is 191 Å². The van der Waals surface area contributed by atoms with Gasteiger partial charge in [0.2, 0.25) is 10.0 Å². The van der Waals surface area contributed by atoms with Crippen LogP contribution in [-0.2, 0) is 21.4 Å². The lowest BCUT2D eigenvalue weighted by Gasteiger charge is -2.14. The number of carbonyl (C=O) groups excluding carboxylic acids is 1. The van der Waals surface area contributed by atoms with E-state index < -0.39 is 15.9 Å². The van der Waals surface area contributed by atoms with E-state index in [1.54, 1.807) is 18.2 Å². The molecule has 1 amide bonds. The Morgan fingerprint density at radius 2 is 1.76 bits per heavy atom. The molecular formula is C24H21N3O5S. The quantitative estimate of drug-likeness (QED) is 0.388. The summed E-state index contributed by atoms with van der Waals surface area (Å²) in [6.45, 7) is 0.270. The lowest BCUT2D eigenvalue weighted by molar-refractivity contribution is -0.112. The predicted molar refractivity (Wildman–Crippen MR) is 124 cm³/mol. The van der Waals surface area contributed by atoms with Crippen LogP contribution in [-0.4, -0.2) is 21.4 Å². The lowest BCUT2D eigenvalue weighted by atomic mass is 10.1. The number of benzene rings is 3. The van der Waals surface area contributed by atoms with Gasteiger partial charge in [-0.2, -0.15) is 5.26 Å². The maximum atomic E-state index is 12.7. The summed E-state index contributed by atoms with van der Waals surface area (Å²) >= 11 is 0. The molecule has 0 aliphatic heterocycles. The van der Waals surface area contributed by atoms with Gasteiger partial charge in [0.05, 0.1) is 12.0 Å². The molecular weight excluding hydrogens is 442 g/mol. The smallest absolute Gasteiger partial charge is 0.266 e. The van der Waals surface area contributed by atoms with Crippen molar-refractivity contribution in [1.29, 1.82) is 5.26 Å². The van der Waals surface area contributed by atoms with E-state index in [0.717, 1.165) is 5.56 Å². The van der Waals surface area contributed by atoms with Crippen LogP contribution in [0.3, 0.4) is 0 Å². The SMILES string of the molecule is COc1cccc(/C=C(\C#N)C(=O)Nc2ccc(S(N)(=O)=O)cc2)c1OCc1ccccc1. The molecule has 0 saturated carbocycles. The van der Waals surface area contributed by atoms with Crippen LogP contribution >= 0.6 is 0 Å². The highest BCUT2D eigenvalue weighted by atomic mass is 32.2. The van der Waals surface area contributed by atoms with Gasteiger partial charge in [0.15, 0.2) is 11.5 Å². The molecule has 0 aliphatic rings. The first kappa shape index (κ1) is 23.5. The number of hydrogen-bond donors (Lipinski definition) is 2. The van der Waals surface area contributed by atoms with Crippen molar-refractivity contribution in [2.45, 2.75) is 11.5 Å². The molecule has 0 radical (unpaired) electrons. The third-order valence-electron chi connectivity index (χ3n) is 4.56. The van der Waals surface area contributed by atoms with Crippen molar-refractivity contribution in [2.24, 2.45) is 5.14 Å². The molecule has 0 heterocycles. The Bertz CT molecular complexity index is 1310. The monoisotopic (exact) mass is 463 g/mol. The molecule has 0 saturated heterocycles. The summed E-state index contributed by atoms with van der Waals surface area (Å²) in [4.78, 5) is 12.6. The third-order valence-corrected chi connectivity index (χ3v) is 5.49. The number of nitrogens with zero attached hydrogens (tertiary/aromatic N) is 1. The van der Waals surface area contributed by atoms with E-state index in [2.05, 4.69) is 5.32 Å². The van der Waals surface area contributed by atoms with Crippen LogP contribution in [0.4, 0.5) is 5.69 Å². The van der Waals surface area contributed by atoms with E-state index in [-0.39, 0.29) is 17.1 Å². The number of rotatable bonds is 8. The zero-order valence-electron chi connectivity index (χ0n) is 17.7. The Hall–Kier alpha value is -4.13. The number of nitriles is 1. The van der Waals surface area contributed by atoms with Gasteiger partial charge in [-0.15, -0.1) is 0 Å². The Balaban J connectivity index is 1.85. The van der Waals surface area contributed by atoms with Crippen molar-refractivity contribution in [3.8, 4) is 17.6 Å². The summed E-state index contributed by atoms with van der Waals surface area (Å²) in [5.41, 5.74) is 1.56. The highest BCUT2D eigenvalue weighted by Crippen LogP contribution is 2.33. The van der Waals surface area contributed by atoms with Crippen LogP contribution in [0.1, 0.15) is 11.1 Å². The number of primary sulfonamides is 1. The molecule has 3 aromatic rings. The average molecular weight is 464 g/mol. The number of amides is 1. The number of hydrogen-bond acceptors (Lipinski definition) is 6. The summed E-state index contributed by atoms with van der Waals surface area (Å²) in [6, 6.07) is 21.8. The van der Waals surface area contributed by atoms with Gasteiger partial charge in [-0.25, -0.2) is 13.6 Å². The van der Waals surface area contributed by atoms with Gasteiger partial charge in [0.1, 0.15) is 18.2 Å². The number of sulfonamides is 1. The van der Waals surface area contributed by atoms with E-state index in [0.29, 0.717) is 22.7 Å². The number of nitrogens with two attached hydrogens (primary N) is 1. The standard InChI is InChI=1S/C24H21N3O5S/c1-31-22-9-5-8-18(23(22)32-16-17-6-3-2-4-7-17)14-19(15-25)24(28)27-20-10-12-21(13-11-20)33(26,29)30/h2-14H,16H2,1H3,(H,27,28)(H2,26,29,30)/b19-14+. The fraction of sp³-hybridized carbons (Fsp3) is 0.0833. The van der Waals surface area contributed by atoms with Crippen molar-refractivity contribution >= 4 is 27.7 Å². The highest BCUT2D eigenvalue weighted by molar-refractivity contribution is 7.89. The summed E-state index contributed by atoms with van der Waals surface area (Å²) in [5, 5.41) is 17.2. The maximum absolute atomic E-state index is 12.7. The van der Waals surface area contributed by atoms with Crippen LogP contribution in [0, 0.1) is 11.3 Å². The fourth-order valence-corrected chi connectivity index (χ4v) is 3.44. The maximum Gasteiger partial charge on any atom is 0.266 e. The molecule has 168 valence electrons. The van der Waals surface area contributed by atoms with Crippen LogP contribution in [0.2, 0.25) is 0 Å². The number of anilines is 1. The fourth-order valence-electron chi connectivity index (χ4n) is 2.92. The van der Waals surface area contributed by atoms with E-state index in [9.17, 15) is 18.5 Å². The van der Waals surface area contributed by atoms with E-state index in [4.69, 9.17) is 14.6 Å². The number of methoxy groups -OCH3 is 1. The second-order valence-electron chi connectivity index (χ2n) is 6.85. The van der Waals surface area contributed by atoms with Crippen molar-refractivity contribution in [3.63, 3.8) is 0 Å². The predicted octanol–water partition coefficient (Wildman–Crippen LogP) is 3.47. The molecule has 0 spiro atoms. The first-order valence-corrected chi connectivity index (χ1v) is 11.3. The molecule has 3 rings (SSSR count). The summed E-state index contributed by atoms with van der Waals surface area (Å²) < 4.78 is 34.1. The zero-order chi connectivity index (χ0) is 23.8. The Kier molecular flexibility index (Phi) is 7.46. The minimum Gasteiger partial charge on any atom is -0.493 e. The number of nitrogens with one attached hydrogen (secondary N) is 1. The Morgan fingerprint density at radius 1 is 1.06 bits per heavy atom. The van der Waals surface area contributed by atoms with Gasteiger partial charge in [-0.1, -0.05) is 42.5 Å². The van der Waals surface area contributed by atoms with Gasteiger partial charge < -0.3 is 14.8 Å². The number of ether oxygens (including phenoxy) is 2. The second kappa shape index (κ2) is 10.5. The van der Waals surface area contributed by atoms with Gasteiger partial charge >= 0.3 is 0 Å². The first-order chi connectivity index (χ1) is 15.8. The molecule has 0 atom stereocenters. The van der Waals surface area contributed by atoms with Crippen molar-refractivity contribution < 1.29 is 22.7 Å². The second-order valence-corrected chi connectivity index (χ2v) is 8.41. The molecule has 8 nitrogen and oxygen atoms in total. The molecule has 3 aromatic carbocycles. The van der Waals surface area contributed by atoms with Gasteiger partial charge in [0.25, 0.3) is 5.91 Å². The molecule has 0 aromatic heterocycles. The van der Waals surface area contributed by atoms with Gasteiger partial charge in [-0.3, -0.25) is 4.79 Å². The average Bonchev–Trinajstić information content (AvgIpc) is 2.81. The molecule has 0 bridgehead atoms. The number of para-hydroxylation sites is 1. The Morgan fingerprint density at radius 3 is 2.36 bits per heavy atom. The van der Waals surface area contributed by atoms with Crippen LogP contribution in [0.25, 0.3) is 6.08 Å². The minimum absolute atomic E-state index is 0.0897. The largest absolute Gasteiger partial charge is 0.493 e. The molecule has 0 unspecified atom stereocenters. The number of carbonyl (C=O) groups is 1. The molecule has 9 heteroatoms. The molecule has 0 fully saturated rings. The minimum atomic E-state index is -3.85. The lowest BCUT2D eigenvalue weighted by Crippen LogP contribution is -2.14. The van der Waals surface area contributed by atoms with E-state index >= 15 is 0 Å². The molecule has 0 aliphatic carbocycles. The topological polar surface area (TPSA) is 132 Å². The summed E-state index contributed by atoms with van der Waals surface area (Å²) in [5.74, 6) is 0.176. The van der Waals surface area contributed by atoms with E-state index in [1.807, 2.05) is 36.4 Å². The molecule has 33 heavy (non-hydrogen) atoms. The zero-order valence-corrected chi connectivity index (χ0v) is 18.5. The van der Waals surface area contributed by atoms with Gasteiger partial charge in [0, 0.05) is 11.3 Å². The highest BCUT2D eigenvalue weighted by Gasteiger charge is 2.15. The van der Waals surface area contributed by atoms with Crippen LogP contribution in [0.5, 0.6) is 11.5 Å². The van der Waals surface area contributed by atoms with Crippen molar-refractivity contribution in [3.05, 3.63) is 89.5 Å². The third kappa shape index (κ3) is 6.20. The summed E-state index contributed by atoms with van der Waals surface area (Å²) in [7, 11) is -2.35. The van der Waals surface area contributed by atoms with Crippen molar-refractivity contribution in [2.75, 3.05) is 12.4 Å². The van der Waals surface area contributed by atoms with E-state index in [1.165, 1.54) is 37.5 Å². The van der Waals surface area contributed by atoms with Crippen molar-refractivity contribution in [1.82, 2.24) is 0 Å². The van der Waals surface area contributed by atoms with Crippen LogP contribution in [0.15, 0.2) is 83.3 Å².